The molecular weight excluding hydrogens is 308 g/mol. The van der Waals surface area contributed by atoms with Crippen LogP contribution in [-0.2, 0) is 0 Å². The Morgan fingerprint density at radius 2 is 2.12 bits per heavy atom. The maximum Gasteiger partial charge on any atom is 0.294 e. The van der Waals surface area contributed by atoms with E-state index in [-0.39, 0.29) is 11.6 Å². The molecule has 1 heterocycles. The van der Waals surface area contributed by atoms with Crippen molar-refractivity contribution in [1.82, 2.24) is 14.9 Å². The Morgan fingerprint density at radius 1 is 1.33 bits per heavy atom. The molecule has 0 unspecified atom stereocenters. The predicted molar refractivity (Wildman–Crippen MR) is 89.1 cm³/mol. The third-order valence-corrected chi connectivity index (χ3v) is 4.49. The molecule has 1 amide bonds. The van der Waals surface area contributed by atoms with Gasteiger partial charge in [-0.05, 0) is 30.9 Å². The minimum Gasteiger partial charge on any atom is -0.352 e. The quantitative estimate of drug-likeness (QED) is 0.674. The highest BCUT2D eigenvalue weighted by Gasteiger charge is 2.20. The van der Waals surface area contributed by atoms with E-state index in [1.54, 1.807) is 29.1 Å². The number of imidazole rings is 1. The number of nitrogens with zero attached hydrogens (tertiary/aromatic N) is 3. The highest BCUT2D eigenvalue weighted by atomic mass is 16.6. The molecule has 1 aromatic carbocycles. The second-order valence-corrected chi connectivity index (χ2v) is 6.14. The number of benzene rings is 1. The Balaban J connectivity index is 1.74. The summed E-state index contributed by atoms with van der Waals surface area (Å²) >= 11 is 0. The van der Waals surface area contributed by atoms with E-state index in [1.165, 1.54) is 31.7 Å². The van der Waals surface area contributed by atoms with E-state index in [2.05, 4.69) is 10.3 Å². The number of nitro groups is 1. The molecule has 2 aromatic rings. The van der Waals surface area contributed by atoms with Gasteiger partial charge in [0.1, 0.15) is 5.69 Å². The van der Waals surface area contributed by atoms with E-state index in [1.807, 2.05) is 0 Å². The maximum atomic E-state index is 12.3. The third kappa shape index (κ3) is 3.61. The van der Waals surface area contributed by atoms with E-state index in [4.69, 9.17) is 0 Å². The minimum absolute atomic E-state index is 0.113. The molecule has 1 fully saturated rings. The summed E-state index contributed by atoms with van der Waals surface area (Å²) in [6.45, 7) is 0.635. The minimum atomic E-state index is -0.479. The summed E-state index contributed by atoms with van der Waals surface area (Å²) in [5.41, 5.74) is 0.584. The molecule has 0 radical (unpaired) electrons. The van der Waals surface area contributed by atoms with Crippen LogP contribution in [0.1, 0.15) is 42.5 Å². The van der Waals surface area contributed by atoms with Crippen LogP contribution < -0.4 is 5.32 Å². The Hall–Kier alpha value is -2.70. The van der Waals surface area contributed by atoms with Gasteiger partial charge in [0.25, 0.3) is 11.6 Å². The van der Waals surface area contributed by atoms with Gasteiger partial charge in [0.2, 0.25) is 0 Å². The standard InChI is InChI=1S/C17H20N4O3/c22-17(19-11-13-4-2-1-3-5-13)14-6-7-15(16(10-14)21(23)24)20-9-8-18-12-20/h6-10,12-13H,1-5,11H2,(H,19,22). The van der Waals surface area contributed by atoms with Crippen LogP contribution in [0.15, 0.2) is 36.9 Å². The van der Waals surface area contributed by atoms with Gasteiger partial charge in [0.15, 0.2) is 0 Å². The molecule has 0 atom stereocenters. The van der Waals surface area contributed by atoms with E-state index in [9.17, 15) is 14.9 Å². The fourth-order valence-corrected chi connectivity index (χ4v) is 3.16. The Labute approximate surface area is 139 Å². The van der Waals surface area contributed by atoms with Crippen molar-refractivity contribution in [3.8, 4) is 5.69 Å². The zero-order chi connectivity index (χ0) is 16.9. The van der Waals surface area contributed by atoms with Crippen molar-refractivity contribution in [3.63, 3.8) is 0 Å². The topological polar surface area (TPSA) is 90.1 Å². The molecule has 24 heavy (non-hydrogen) atoms. The van der Waals surface area contributed by atoms with Crippen LogP contribution in [0.4, 0.5) is 5.69 Å². The van der Waals surface area contributed by atoms with Crippen LogP contribution in [0.3, 0.4) is 0 Å². The molecule has 0 aliphatic heterocycles. The lowest BCUT2D eigenvalue weighted by Crippen LogP contribution is -2.30. The molecule has 1 saturated carbocycles. The summed E-state index contributed by atoms with van der Waals surface area (Å²) in [4.78, 5) is 27.1. The smallest absolute Gasteiger partial charge is 0.294 e. The highest BCUT2D eigenvalue weighted by Crippen LogP contribution is 2.25. The van der Waals surface area contributed by atoms with Crippen molar-refractivity contribution in [3.05, 3.63) is 52.6 Å². The van der Waals surface area contributed by atoms with Crippen LogP contribution in [0.2, 0.25) is 0 Å². The fourth-order valence-electron chi connectivity index (χ4n) is 3.16. The van der Waals surface area contributed by atoms with Crippen molar-refractivity contribution in [2.45, 2.75) is 32.1 Å². The van der Waals surface area contributed by atoms with Crippen molar-refractivity contribution >= 4 is 11.6 Å². The SMILES string of the molecule is O=C(NCC1CCCCC1)c1ccc(-n2ccnc2)c([N+](=O)[O-])c1. The van der Waals surface area contributed by atoms with E-state index >= 15 is 0 Å². The first-order chi connectivity index (χ1) is 11.6. The summed E-state index contributed by atoms with van der Waals surface area (Å²) in [6, 6.07) is 4.51. The third-order valence-electron chi connectivity index (χ3n) is 4.49. The monoisotopic (exact) mass is 328 g/mol. The van der Waals surface area contributed by atoms with Gasteiger partial charge in [-0.25, -0.2) is 4.98 Å². The zero-order valence-corrected chi connectivity index (χ0v) is 13.4. The van der Waals surface area contributed by atoms with Crippen LogP contribution >= 0.6 is 0 Å². The average Bonchev–Trinajstić information content (AvgIpc) is 3.14. The van der Waals surface area contributed by atoms with E-state index in [0.717, 1.165) is 12.8 Å². The van der Waals surface area contributed by atoms with E-state index < -0.39 is 4.92 Å². The maximum absolute atomic E-state index is 12.3. The summed E-state index contributed by atoms with van der Waals surface area (Å²) in [6.07, 6.45) is 10.6. The lowest BCUT2D eigenvalue weighted by atomic mass is 9.89. The summed E-state index contributed by atoms with van der Waals surface area (Å²) in [5.74, 6) is 0.253. The first-order valence-corrected chi connectivity index (χ1v) is 8.20. The second-order valence-electron chi connectivity index (χ2n) is 6.14. The molecule has 7 heteroatoms. The molecule has 1 aliphatic rings. The number of amides is 1. The van der Waals surface area contributed by atoms with Crippen molar-refractivity contribution in [2.75, 3.05) is 6.54 Å². The average molecular weight is 328 g/mol. The molecule has 3 rings (SSSR count). The molecule has 0 bridgehead atoms. The number of hydrogen-bond donors (Lipinski definition) is 1. The number of hydrogen-bond acceptors (Lipinski definition) is 4. The van der Waals surface area contributed by atoms with Gasteiger partial charge in [-0.3, -0.25) is 14.9 Å². The lowest BCUT2D eigenvalue weighted by molar-refractivity contribution is -0.384. The van der Waals surface area contributed by atoms with Gasteiger partial charge in [0, 0.05) is 30.6 Å². The zero-order valence-electron chi connectivity index (χ0n) is 13.4. The Morgan fingerprint density at radius 3 is 2.79 bits per heavy atom. The number of rotatable bonds is 5. The molecule has 0 spiro atoms. The molecular formula is C17H20N4O3. The molecule has 1 aliphatic carbocycles. The molecule has 126 valence electrons. The predicted octanol–water partition coefficient (Wildman–Crippen LogP) is 3.09. The van der Waals surface area contributed by atoms with Crippen LogP contribution in [-0.4, -0.2) is 26.9 Å². The molecule has 0 saturated heterocycles. The number of carbonyl (C=O) groups is 1. The van der Waals surface area contributed by atoms with Gasteiger partial charge >= 0.3 is 0 Å². The molecule has 1 N–H and O–H groups in total. The Bertz CT molecular complexity index is 721. The van der Waals surface area contributed by atoms with Crippen LogP contribution in [0.5, 0.6) is 0 Å². The molecule has 7 nitrogen and oxygen atoms in total. The van der Waals surface area contributed by atoms with Crippen molar-refractivity contribution in [2.24, 2.45) is 5.92 Å². The van der Waals surface area contributed by atoms with Crippen LogP contribution in [0, 0.1) is 16.0 Å². The summed E-state index contributed by atoms with van der Waals surface area (Å²) in [7, 11) is 0. The largest absolute Gasteiger partial charge is 0.352 e. The fraction of sp³-hybridized carbons (Fsp3) is 0.412. The van der Waals surface area contributed by atoms with E-state index in [0.29, 0.717) is 23.7 Å². The summed E-state index contributed by atoms with van der Waals surface area (Å²) < 4.78 is 1.56. The van der Waals surface area contributed by atoms with Crippen molar-refractivity contribution in [1.29, 1.82) is 0 Å². The van der Waals surface area contributed by atoms with Crippen LogP contribution in [0.25, 0.3) is 5.69 Å². The van der Waals surface area contributed by atoms with Gasteiger partial charge in [-0.2, -0.15) is 0 Å². The number of aromatic nitrogens is 2. The number of nitrogens with one attached hydrogen (secondary N) is 1. The first-order valence-electron chi connectivity index (χ1n) is 8.20. The first kappa shape index (κ1) is 16.2. The number of carbonyl (C=O) groups excluding carboxylic acids is 1. The van der Waals surface area contributed by atoms with Gasteiger partial charge < -0.3 is 9.88 Å². The van der Waals surface area contributed by atoms with Gasteiger partial charge in [-0.15, -0.1) is 0 Å². The normalized spacial score (nSPS) is 15.2. The second kappa shape index (κ2) is 7.25. The Kier molecular flexibility index (Phi) is 4.88. The van der Waals surface area contributed by atoms with Gasteiger partial charge in [-0.1, -0.05) is 19.3 Å². The van der Waals surface area contributed by atoms with Gasteiger partial charge in [0.05, 0.1) is 11.3 Å². The van der Waals surface area contributed by atoms with Crippen molar-refractivity contribution < 1.29 is 9.72 Å². The number of nitro benzene ring substituents is 1. The summed E-state index contributed by atoms with van der Waals surface area (Å²) in [5, 5.41) is 14.2. The lowest BCUT2D eigenvalue weighted by Gasteiger charge is -2.21. The molecule has 1 aromatic heterocycles. The highest BCUT2D eigenvalue weighted by molar-refractivity contribution is 5.95.